The van der Waals surface area contributed by atoms with Gasteiger partial charge in [0.25, 0.3) is 5.91 Å². The lowest BCUT2D eigenvalue weighted by molar-refractivity contribution is -0.206. The summed E-state index contributed by atoms with van der Waals surface area (Å²) in [4.78, 5) is 19.3. The van der Waals surface area contributed by atoms with Gasteiger partial charge in [-0.1, -0.05) is 33.8 Å². The summed E-state index contributed by atoms with van der Waals surface area (Å²) in [5.41, 5.74) is -0.967. The van der Waals surface area contributed by atoms with Gasteiger partial charge in [-0.2, -0.15) is 18.4 Å². The molecule has 1 aromatic carbocycles. The Kier molecular flexibility index (Phi) is 4.73. The van der Waals surface area contributed by atoms with E-state index in [0.29, 0.717) is 18.7 Å². The highest BCUT2D eigenvalue weighted by atomic mass is 19.4. The first-order chi connectivity index (χ1) is 14.4. The second-order valence-electron chi connectivity index (χ2n) is 9.53. The number of carbonyl (C=O) groups is 1. The zero-order chi connectivity index (χ0) is 22.8. The molecular weight excluding hydrogens is 407 g/mol. The van der Waals surface area contributed by atoms with E-state index >= 15 is 0 Å². The van der Waals surface area contributed by atoms with Gasteiger partial charge in [0.05, 0.1) is 35.0 Å². The fourth-order valence-electron chi connectivity index (χ4n) is 5.83. The van der Waals surface area contributed by atoms with Crippen LogP contribution in [0.15, 0.2) is 34.8 Å². The molecule has 3 aliphatic rings. The van der Waals surface area contributed by atoms with Crippen LogP contribution in [0.3, 0.4) is 0 Å². The third kappa shape index (κ3) is 3.22. The first-order valence-electron chi connectivity index (χ1n) is 10.2. The lowest BCUT2D eigenvalue weighted by Gasteiger charge is -2.65. The number of hydrogen-bond donors (Lipinski definition) is 0. The summed E-state index contributed by atoms with van der Waals surface area (Å²) in [6.07, 6.45) is -2.39. The molecule has 0 aromatic heterocycles. The number of carbonyl (C=O) groups excluding carboxylic acids is 1. The first-order valence-corrected chi connectivity index (χ1v) is 10.2. The number of fused-ring (bicyclic) bond motifs is 1. The fourth-order valence-corrected chi connectivity index (χ4v) is 5.83. The van der Waals surface area contributed by atoms with Crippen LogP contribution in [0.25, 0.3) is 0 Å². The van der Waals surface area contributed by atoms with Gasteiger partial charge in [-0.05, 0) is 24.6 Å². The monoisotopic (exact) mass is 431 g/mol. The number of nitriles is 1. The van der Waals surface area contributed by atoms with Gasteiger partial charge < -0.3 is 9.64 Å². The highest BCUT2D eigenvalue weighted by Crippen LogP contribution is 2.58. The Morgan fingerprint density at radius 1 is 1.23 bits per heavy atom. The number of halogens is 3. The summed E-state index contributed by atoms with van der Waals surface area (Å²) in [6.45, 7) is 8.99. The van der Waals surface area contributed by atoms with Crippen molar-refractivity contribution in [1.82, 2.24) is 4.90 Å². The SMILES string of the molecule is CC1(C)C(Oc2ccc(C#N)c(C(F)(F)F)c2)C(C)(C)C1N1CC2=NCCC=C2C1=O. The normalized spacial score (nSPS) is 26.4. The number of likely N-dealkylation sites (tertiary alicyclic amines) is 1. The van der Waals surface area contributed by atoms with Crippen molar-refractivity contribution in [2.24, 2.45) is 15.8 Å². The van der Waals surface area contributed by atoms with Crippen molar-refractivity contribution in [2.75, 3.05) is 13.1 Å². The molecule has 4 rings (SSSR count). The first kappa shape index (κ1) is 21.4. The molecule has 0 unspecified atom stereocenters. The van der Waals surface area contributed by atoms with Crippen LogP contribution in [0.2, 0.25) is 0 Å². The van der Waals surface area contributed by atoms with Gasteiger partial charge in [-0.3, -0.25) is 9.79 Å². The quantitative estimate of drug-likeness (QED) is 0.714. The van der Waals surface area contributed by atoms with E-state index in [1.54, 1.807) is 6.07 Å². The summed E-state index contributed by atoms with van der Waals surface area (Å²) in [5.74, 6) is 0.0187. The summed E-state index contributed by atoms with van der Waals surface area (Å²) in [5, 5.41) is 9.00. The maximum Gasteiger partial charge on any atom is 0.417 e. The number of alkyl halides is 3. The number of amides is 1. The molecule has 5 nitrogen and oxygen atoms in total. The maximum atomic E-state index is 13.3. The molecule has 1 saturated heterocycles. The van der Waals surface area contributed by atoms with Crippen molar-refractivity contribution in [2.45, 2.75) is 52.4 Å². The van der Waals surface area contributed by atoms with Gasteiger partial charge in [0.15, 0.2) is 0 Å². The minimum atomic E-state index is -4.65. The fraction of sp³-hybridized carbons (Fsp3) is 0.522. The number of hydrogen-bond acceptors (Lipinski definition) is 4. The molecule has 2 heterocycles. The lowest BCUT2D eigenvalue weighted by atomic mass is 9.49. The average molecular weight is 431 g/mol. The lowest BCUT2D eigenvalue weighted by Crippen LogP contribution is -2.74. The summed E-state index contributed by atoms with van der Waals surface area (Å²) < 4.78 is 46.1. The molecule has 2 aliphatic heterocycles. The van der Waals surface area contributed by atoms with Crippen LogP contribution in [0, 0.1) is 22.2 Å². The number of dihydropyridines is 1. The Labute approximate surface area is 179 Å². The second-order valence-corrected chi connectivity index (χ2v) is 9.53. The minimum Gasteiger partial charge on any atom is -0.489 e. The zero-order valence-corrected chi connectivity index (χ0v) is 17.9. The molecule has 31 heavy (non-hydrogen) atoms. The molecule has 0 bridgehead atoms. The molecule has 0 radical (unpaired) electrons. The molecule has 1 aromatic rings. The molecule has 2 fully saturated rings. The largest absolute Gasteiger partial charge is 0.489 e. The Morgan fingerprint density at radius 2 is 1.90 bits per heavy atom. The summed E-state index contributed by atoms with van der Waals surface area (Å²) in [7, 11) is 0. The highest BCUT2D eigenvalue weighted by Gasteiger charge is 2.67. The second kappa shape index (κ2) is 6.84. The van der Waals surface area contributed by atoms with E-state index in [1.807, 2.05) is 38.7 Å². The molecule has 0 spiro atoms. The van der Waals surface area contributed by atoms with Gasteiger partial charge in [0, 0.05) is 23.4 Å². The Hall–Kier alpha value is -2.82. The Balaban J connectivity index is 1.61. The van der Waals surface area contributed by atoms with Gasteiger partial charge in [0.2, 0.25) is 0 Å². The van der Waals surface area contributed by atoms with Crippen molar-refractivity contribution >= 4 is 11.6 Å². The van der Waals surface area contributed by atoms with Crippen LogP contribution in [-0.4, -0.2) is 41.8 Å². The predicted octanol–water partition coefficient (Wildman–Crippen LogP) is 4.37. The van der Waals surface area contributed by atoms with Crippen LogP contribution in [0.1, 0.15) is 45.2 Å². The number of aliphatic imine (C=N–C) groups is 1. The zero-order valence-electron chi connectivity index (χ0n) is 17.9. The van der Waals surface area contributed by atoms with Crippen LogP contribution in [-0.2, 0) is 11.0 Å². The number of ether oxygens (including phenoxy) is 1. The van der Waals surface area contributed by atoms with Gasteiger partial charge in [0.1, 0.15) is 11.9 Å². The van der Waals surface area contributed by atoms with Gasteiger partial charge in [-0.25, -0.2) is 0 Å². The van der Waals surface area contributed by atoms with E-state index < -0.39 is 34.2 Å². The minimum absolute atomic E-state index is 0.0409. The van der Waals surface area contributed by atoms with E-state index in [0.717, 1.165) is 24.3 Å². The molecule has 164 valence electrons. The third-order valence-corrected chi connectivity index (χ3v) is 6.65. The topological polar surface area (TPSA) is 65.7 Å². The summed E-state index contributed by atoms with van der Waals surface area (Å²) in [6, 6.07) is 4.83. The highest BCUT2D eigenvalue weighted by molar-refractivity contribution is 6.27. The van der Waals surface area contributed by atoms with Crippen molar-refractivity contribution in [3.63, 3.8) is 0 Å². The third-order valence-electron chi connectivity index (χ3n) is 6.65. The molecule has 1 saturated carbocycles. The number of rotatable bonds is 3. The van der Waals surface area contributed by atoms with Crippen molar-refractivity contribution in [3.05, 3.63) is 41.0 Å². The smallest absolute Gasteiger partial charge is 0.417 e. The molecule has 0 N–H and O–H groups in total. The van der Waals surface area contributed by atoms with E-state index in [9.17, 15) is 18.0 Å². The van der Waals surface area contributed by atoms with Crippen LogP contribution in [0.4, 0.5) is 13.2 Å². The molecule has 0 atom stereocenters. The van der Waals surface area contributed by atoms with E-state index in [1.165, 1.54) is 6.07 Å². The van der Waals surface area contributed by atoms with E-state index in [-0.39, 0.29) is 17.7 Å². The van der Waals surface area contributed by atoms with E-state index in [4.69, 9.17) is 10.00 Å². The van der Waals surface area contributed by atoms with Gasteiger partial charge in [-0.15, -0.1) is 0 Å². The number of nitrogens with zero attached hydrogens (tertiary/aromatic N) is 3. The van der Waals surface area contributed by atoms with Crippen molar-refractivity contribution in [1.29, 1.82) is 5.26 Å². The average Bonchev–Trinajstić information content (AvgIpc) is 3.00. The van der Waals surface area contributed by atoms with Crippen LogP contribution >= 0.6 is 0 Å². The number of benzene rings is 1. The summed E-state index contributed by atoms with van der Waals surface area (Å²) >= 11 is 0. The van der Waals surface area contributed by atoms with E-state index in [2.05, 4.69) is 4.99 Å². The van der Waals surface area contributed by atoms with Crippen LogP contribution in [0.5, 0.6) is 5.75 Å². The van der Waals surface area contributed by atoms with Crippen molar-refractivity contribution < 1.29 is 22.7 Å². The molecule has 1 amide bonds. The van der Waals surface area contributed by atoms with Gasteiger partial charge >= 0.3 is 6.18 Å². The van der Waals surface area contributed by atoms with Crippen LogP contribution < -0.4 is 4.74 Å². The van der Waals surface area contributed by atoms with Crippen molar-refractivity contribution in [3.8, 4) is 11.8 Å². The predicted molar refractivity (Wildman–Crippen MR) is 109 cm³/mol. The maximum absolute atomic E-state index is 13.3. The Morgan fingerprint density at radius 3 is 2.48 bits per heavy atom. The molecule has 8 heteroatoms. The Bertz CT molecular complexity index is 1030. The standard InChI is InChI=1S/C23H24F3N3O2/c1-21(2)19(29-12-17-15(18(29)30)6-5-9-28-17)22(3,4)20(21)31-14-8-7-13(11-27)16(10-14)23(24,25)26/h6-8,10,19-20H,5,9,12H2,1-4H3. The molecule has 1 aliphatic carbocycles. The molecular formula is C23H24F3N3O2.